The number of hydrogen-bond donors (Lipinski definition) is 3. The normalized spacial score (nSPS) is 42.4. The lowest BCUT2D eigenvalue weighted by Crippen LogP contribution is -2.59. The highest BCUT2D eigenvalue weighted by atomic mass is 32.3. The Hall–Kier alpha value is -0.300. The summed E-state index contributed by atoms with van der Waals surface area (Å²) < 4.78 is 73.8. The molecule has 38 heavy (non-hydrogen) atoms. The van der Waals surface area contributed by atoms with Crippen LogP contribution in [-0.4, -0.2) is 49.9 Å². The Bertz CT molecular complexity index is 1040. The molecule has 9 nitrogen and oxygen atoms in total. The Labute approximate surface area is 229 Å². The lowest BCUT2D eigenvalue weighted by Gasteiger charge is -2.62. The van der Waals surface area contributed by atoms with Crippen LogP contribution < -0.4 is 0 Å². The van der Waals surface area contributed by atoms with Crippen molar-refractivity contribution in [1.29, 1.82) is 0 Å². The topological polar surface area (TPSA) is 147 Å². The largest absolute Gasteiger partial charge is 0.397 e. The number of aliphatic hydroxyl groups excluding tert-OH is 1. The lowest BCUT2D eigenvalue weighted by molar-refractivity contribution is -0.171. The van der Waals surface area contributed by atoms with Crippen LogP contribution in [0.4, 0.5) is 0 Å². The van der Waals surface area contributed by atoms with Gasteiger partial charge < -0.3 is 5.11 Å². The number of aliphatic hydroxyl groups is 1. The summed E-state index contributed by atoms with van der Waals surface area (Å²) in [5.41, 5.74) is -0.0507. The molecule has 4 rings (SSSR count). The maximum atomic E-state index is 11.4. The van der Waals surface area contributed by atoms with Crippen molar-refractivity contribution in [3.8, 4) is 0 Å². The van der Waals surface area contributed by atoms with Gasteiger partial charge in [-0.3, -0.25) is 9.11 Å². The van der Waals surface area contributed by atoms with E-state index in [9.17, 15) is 31.0 Å². The third-order valence-corrected chi connectivity index (χ3v) is 12.3. The molecule has 4 aliphatic carbocycles. The van der Waals surface area contributed by atoms with E-state index in [2.05, 4.69) is 27.7 Å². The lowest BCUT2D eigenvalue weighted by atomic mass is 9.44. The molecule has 222 valence electrons. The molecular weight excluding hydrogens is 532 g/mol. The van der Waals surface area contributed by atoms with Gasteiger partial charge in [0.25, 0.3) is 0 Å². The first-order valence-electron chi connectivity index (χ1n) is 14.5. The zero-order valence-corrected chi connectivity index (χ0v) is 24.9. The van der Waals surface area contributed by atoms with Crippen molar-refractivity contribution in [3.05, 3.63) is 0 Å². The van der Waals surface area contributed by atoms with E-state index < -0.39 is 33.0 Å². The highest BCUT2D eigenvalue weighted by Crippen LogP contribution is 2.68. The number of rotatable bonds is 10. The Morgan fingerprint density at radius 2 is 1.45 bits per heavy atom. The monoisotopic (exact) mass is 580 g/mol. The first-order chi connectivity index (χ1) is 17.6. The van der Waals surface area contributed by atoms with Gasteiger partial charge in [-0.15, -0.1) is 0 Å². The van der Waals surface area contributed by atoms with Crippen molar-refractivity contribution < 1.29 is 39.4 Å². The molecule has 0 aromatic carbocycles. The minimum absolute atomic E-state index is 0.0269. The molecule has 7 unspecified atom stereocenters. The molecule has 0 saturated heterocycles. The molecule has 4 saturated carbocycles. The first-order valence-corrected chi connectivity index (χ1v) is 17.2. The van der Waals surface area contributed by atoms with E-state index >= 15 is 0 Å². The molecule has 3 N–H and O–H groups in total. The molecule has 0 heterocycles. The van der Waals surface area contributed by atoms with Gasteiger partial charge in [0.15, 0.2) is 0 Å². The zero-order chi connectivity index (χ0) is 28.1. The zero-order valence-electron chi connectivity index (χ0n) is 23.3. The Morgan fingerprint density at radius 1 is 0.816 bits per heavy atom. The SMILES string of the molecule is CC(C)CCCC(COS(=O)(=O)O)[C@H]1CCC2C3CCC4C(O)C(OS(=O)(=O)O)CC[C@]4(C)C3CC[C@@]21C. The second-order valence-corrected chi connectivity index (χ2v) is 15.8. The highest BCUT2D eigenvalue weighted by Gasteiger charge is 2.62. The molecule has 0 bridgehead atoms. The fraction of sp³-hybridized carbons (Fsp3) is 1.00. The Morgan fingerprint density at radius 3 is 2.08 bits per heavy atom. The van der Waals surface area contributed by atoms with Crippen LogP contribution in [0.5, 0.6) is 0 Å². The summed E-state index contributed by atoms with van der Waals surface area (Å²) in [6.07, 6.45) is 8.21. The van der Waals surface area contributed by atoms with Crippen molar-refractivity contribution in [2.75, 3.05) is 6.61 Å². The number of hydrogen-bond acceptors (Lipinski definition) is 7. The van der Waals surface area contributed by atoms with E-state index in [1.165, 1.54) is 0 Å². The van der Waals surface area contributed by atoms with Crippen molar-refractivity contribution >= 4 is 20.8 Å². The molecule has 0 aromatic heterocycles. The van der Waals surface area contributed by atoms with Crippen LogP contribution in [0, 0.1) is 52.3 Å². The van der Waals surface area contributed by atoms with Crippen LogP contribution in [0.3, 0.4) is 0 Å². The third kappa shape index (κ3) is 6.29. The predicted molar refractivity (Wildman–Crippen MR) is 143 cm³/mol. The van der Waals surface area contributed by atoms with Crippen molar-refractivity contribution in [2.24, 2.45) is 52.3 Å². The molecular formula is C27H48O9S2. The van der Waals surface area contributed by atoms with Gasteiger partial charge in [-0.2, -0.15) is 16.8 Å². The Balaban J connectivity index is 1.51. The van der Waals surface area contributed by atoms with Crippen molar-refractivity contribution in [1.82, 2.24) is 0 Å². The maximum Gasteiger partial charge on any atom is 0.397 e. The van der Waals surface area contributed by atoms with Gasteiger partial charge >= 0.3 is 20.8 Å². The van der Waals surface area contributed by atoms with Gasteiger partial charge in [-0.05, 0) is 110 Å². The fourth-order valence-electron chi connectivity index (χ4n) is 9.74. The summed E-state index contributed by atoms with van der Waals surface area (Å²) in [7, 11) is -9.11. The average Bonchev–Trinajstić information content (AvgIpc) is 3.14. The molecule has 4 aliphatic rings. The van der Waals surface area contributed by atoms with Gasteiger partial charge in [0.05, 0.1) is 12.7 Å². The van der Waals surface area contributed by atoms with Gasteiger partial charge in [0.2, 0.25) is 0 Å². The van der Waals surface area contributed by atoms with Gasteiger partial charge in [-0.25, -0.2) is 8.37 Å². The van der Waals surface area contributed by atoms with Crippen molar-refractivity contribution in [3.63, 3.8) is 0 Å². The van der Waals surface area contributed by atoms with E-state index in [1.54, 1.807) is 0 Å². The first kappa shape index (κ1) is 30.7. The highest BCUT2D eigenvalue weighted by molar-refractivity contribution is 7.81. The van der Waals surface area contributed by atoms with E-state index in [1.807, 2.05) is 0 Å². The molecule has 0 aromatic rings. The van der Waals surface area contributed by atoms with Crippen LogP contribution in [0.1, 0.15) is 98.3 Å². The summed E-state index contributed by atoms with van der Waals surface area (Å²) >= 11 is 0. The van der Waals surface area contributed by atoms with Crippen LogP contribution >= 0.6 is 0 Å². The quantitative estimate of drug-likeness (QED) is 0.301. The summed E-state index contributed by atoms with van der Waals surface area (Å²) in [4.78, 5) is 0. The van der Waals surface area contributed by atoms with Crippen molar-refractivity contribution in [2.45, 2.75) is 111 Å². The summed E-state index contributed by atoms with van der Waals surface area (Å²) in [6, 6.07) is 0. The van der Waals surface area contributed by atoms with Gasteiger partial charge in [0.1, 0.15) is 6.10 Å². The predicted octanol–water partition coefficient (Wildman–Crippen LogP) is 5.07. The minimum Gasteiger partial charge on any atom is -0.390 e. The molecule has 0 amide bonds. The van der Waals surface area contributed by atoms with Gasteiger partial charge in [0, 0.05) is 0 Å². The summed E-state index contributed by atoms with van der Waals surface area (Å²) in [5.74, 6) is 2.34. The van der Waals surface area contributed by atoms with E-state index in [4.69, 9.17) is 8.37 Å². The molecule has 0 aliphatic heterocycles. The molecule has 0 radical (unpaired) electrons. The van der Waals surface area contributed by atoms with Crippen LogP contribution in [0.15, 0.2) is 0 Å². The van der Waals surface area contributed by atoms with E-state index in [0.717, 1.165) is 64.2 Å². The summed E-state index contributed by atoms with van der Waals surface area (Å²) in [6.45, 7) is 9.04. The van der Waals surface area contributed by atoms with E-state index in [0.29, 0.717) is 36.0 Å². The van der Waals surface area contributed by atoms with Crippen LogP contribution in [-0.2, 0) is 29.2 Å². The maximum absolute atomic E-state index is 11.4. The molecule has 11 heteroatoms. The minimum atomic E-state index is -4.62. The smallest absolute Gasteiger partial charge is 0.390 e. The van der Waals surface area contributed by atoms with Crippen LogP contribution in [0.2, 0.25) is 0 Å². The Kier molecular flexibility index (Phi) is 9.01. The fourth-order valence-corrected chi connectivity index (χ4v) is 10.6. The second kappa shape index (κ2) is 11.2. The second-order valence-electron chi connectivity index (χ2n) is 13.7. The summed E-state index contributed by atoms with van der Waals surface area (Å²) in [5, 5.41) is 11.1. The van der Waals surface area contributed by atoms with Crippen LogP contribution in [0.25, 0.3) is 0 Å². The molecule has 0 spiro atoms. The molecule has 4 fully saturated rings. The standard InChI is InChI=1S/C27H48O9S2/c1-17(2)6-5-7-18(16-35-37(29,30)31)20-10-11-21-19-8-9-23-25(28)24(36-38(32,33)34)13-15-27(23,4)22(19)12-14-26(20,21)3/h17-25,28H,5-16H2,1-4H3,(H,29,30,31)(H,32,33,34)/t18?,19?,20-,21?,22?,23?,24?,25?,26-,27-/m1/s1. The third-order valence-electron chi connectivity index (χ3n) is 11.4. The number of fused-ring (bicyclic) bond motifs is 5. The molecule has 10 atom stereocenters. The van der Waals surface area contributed by atoms with Gasteiger partial charge in [-0.1, -0.05) is 40.5 Å². The van der Waals surface area contributed by atoms with E-state index in [-0.39, 0.29) is 29.3 Å². The average molecular weight is 581 g/mol.